The fourth-order valence-electron chi connectivity index (χ4n) is 4.20. The predicted octanol–water partition coefficient (Wildman–Crippen LogP) is 5.35. The van der Waals surface area contributed by atoms with Crippen molar-refractivity contribution in [3.8, 4) is 11.4 Å². The van der Waals surface area contributed by atoms with Crippen LogP contribution >= 0.6 is 0 Å². The first-order chi connectivity index (χ1) is 14.2. The molecule has 0 bridgehead atoms. The van der Waals surface area contributed by atoms with Gasteiger partial charge in [-0.3, -0.25) is 0 Å². The molecule has 0 unspecified atom stereocenters. The molecule has 1 aliphatic rings. The van der Waals surface area contributed by atoms with E-state index >= 15 is 0 Å². The molecule has 1 aromatic carbocycles. The van der Waals surface area contributed by atoms with Crippen LogP contribution in [0, 0.1) is 13.8 Å². The summed E-state index contributed by atoms with van der Waals surface area (Å²) >= 11 is 0. The van der Waals surface area contributed by atoms with Crippen molar-refractivity contribution >= 4 is 22.7 Å². The molecule has 1 aliphatic carbocycles. The van der Waals surface area contributed by atoms with E-state index in [1.54, 1.807) is 0 Å². The third-order valence-corrected chi connectivity index (χ3v) is 5.68. The molecule has 29 heavy (non-hydrogen) atoms. The van der Waals surface area contributed by atoms with Crippen LogP contribution in [0.15, 0.2) is 41.2 Å². The summed E-state index contributed by atoms with van der Waals surface area (Å²) in [6.45, 7) is 3.81. The van der Waals surface area contributed by atoms with Gasteiger partial charge in [-0.25, -0.2) is 15.0 Å². The Balaban J connectivity index is 1.68. The van der Waals surface area contributed by atoms with Gasteiger partial charge in [-0.05, 0) is 38.8 Å². The fourth-order valence-corrected chi connectivity index (χ4v) is 4.20. The monoisotopic (exact) mass is 388 g/mol. The summed E-state index contributed by atoms with van der Waals surface area (Å²) < 4.78 is 7.61. The molecule has 3 aromatic heterocycles. The van der Waals surface area contributed by atoms with Gasteiger partial charge >= 0.3 is 0 Å². The summed E-state index contributed by atoms with van der Waals surface area (Å²) in [5.41, 5.74) is 4.25. The second-order valence-corrected chi connectivity index (χ2v) is 7.70. The van der Waals surface area contributed by atoms with Crippen LogP contribution in [0.3, 0.4) is 0 Å². The molecule has 1 N–H and O–H groups in total. The van der Waals surface area contributed by atoms with Crippen molar-refractivity contribution in [3.63, 3.8) is 0 Å². The summed E-state index contributed by atoms with van der Waals surface area (Å²) in [6, 6.07) is 10.5. The summed E-state index contributed by atoms with van der Waals surface area (Å²) in [5, 5.41) is 7.51. The molecular formula is C22H24N6O. The van der Waals surface area contributed by atoms with Gasteiger partial charge in [-0.1, -0.05) is 42.6 Å². The van der Waals surface area contributed by atoms with Crippen molar-refractivity contribution in [2.75, 3.05) is 5.32 Å². The van der Waals surface area contributed by atoms with Crippen molar-refractivity contribution in [2.45, 2.75) is 52.0 Å². The van der Waals surface area contributed by atoms with E-state index in [2.05, 4.69) is 15.0 Å². The lowest BCUT2D eigenvalue weighted by Gasteiger charge is -2.23. The first-order valence-corrected chi connectivity index (χ1v) is 10.2. The number of para-hydroxylation sites is 1. The van der Waals surface area contributed by atoms with Gasteiger partial charge in [0.1, 0.15) is 5.76 Å². The molecule has 4 aromatic rings. The Morgan fingerprint density at radius 1 is 1.03 bits per heavy atom. The van der Waals surface area contributed by atoms with Gasteiger partial charge in [0.25, 0.3) is 0 Å². The number of benzene rings is 1. The second-order valence-electron chi connectivity index (χ2n) is 7.70. The quantitative estimate of drug-likeness (QED) is 0.508. The Kier molecular flexibility index (Phi) is 4.50. The number of anilines is 2. The number of fused-ring (bicyclic) bond motifs is 1. The van der Waals surface area contributed by atoms with Crippen LogP contribution in [0.1, 0.15) is 49.6 Å². The molecule has 0 radical (unpaired) electrons. The van der Waals surface area contributed by atoms with Gasteiger partial charge in [0, 0.05) is 11.7 Å². The third kappa shape index (κ3) is 3.26. The molecule has 0 atom stereocenters. The highest BCUT2D eigenvalue weighted by atomic mass is 16.5. The van der Waals surface area contributed by atoms with Crippen molar-refractivity contribution in [1.82, 2.24) is 24.7 Å². The van der Waals surface area contributed by atoms with E-state index in [1.807, 2.05) is 50.5 Å². The molecular weight excluding hydrogens is 364 g/mol. The third-order valence-electron chi connectivity index (χ3n) is 5.68. The summed E-state index contributed by atoms with van der Waals surface area (Å²) in [5.74, 6) is 2.03. The van der Waals surface area contributed by atoms with Gasteiger partial charge in [0.05, 0.1) is 17.6 Å². The van der Waals surface area contributed by atoms with Gasteiger partial charge in [-0.2, -0.15) is 0 Å². The summed E-state index contributed by atoms with van der Waals surface area (Å²) in [4.78, 5) is 14.4. The number of aromatic nitrogens is 5. The molecule has 1 fully saturated rings. The fraction of sp³-hybridized carbons (Fsp3) is 0.364. The molecule has 5 rings (SSSR count). The largest absolute Gasteiger partial charge is 0.361 e. The number of hydrogen-bond acceptors (Lipinski definition) is 6. The molecule has 0 spiro atoms. The lowest BCUT2D eigenvalue weighted by atomic mass is 9.95. The van der Waals surface area contributed by atoms with Gasteiger partial charge < -0.3 is 14.4 Å². The van der Waals surface area contributed by atoms with E-state index in [-0.39, 0.29) is 0 Å². The highest BCUT2D eigenvalue weighted by molar-refractivity contribution is 5.87. The smallest absolute Gasteiger partial charge is 0.169 e. The Morgan fingerprint density at radius 3 is 2.55 bits per heavy atom. The van der Waals surface area contributed by atoms with Crippen molar-refractivity contribution in [3.05, 3.63) is 48.1 Å². The number of hydrogen-bond donors (Lipinski definition) is 1. The van der Waals surface area contributed by atoms with E-state index in [4.69, 9.17) is 19.5 Å². The highest BCUT2D eigenvalue weighted by Gasteiger charge is 2.23. The number of rotatable bonds is 4. The molecule has 1 saturated carbocycles. The summed E-state index contributed by atoms with van der Waals surface area (Å²) in [7, 11) is 0. The maximum atomic E-state index is 5.38. The minimum atomic E-state index is 0.436. The number of nitrogens with one attached hydrogen (secondary N) is 1. The van der Waals surface area contributed by atoms with Crippen molar-refractivity contribution in [2.24, 2.45) is 0 Å². The maximum Gasteiger partial charge on any atom is 0.169 e. The topological polar surface area (TPSA) is 81.7 Å². The summed E-state index contributed by atoms with van der Waals surface area (Å²) in [6.07, 6.45) is 8.06. The normalized spacial score (nSPS) is 15.1. The molecule has 148 valence electrons. The standard InChI is InChI=1S/C22H24N6O/c1-14-18(15(2)29-27-14)20-25-21(24-16-9-5-3-6-10-16)19-22(26-20)28(13-23-19)17-11-7-4-8-12-17/h3,5-6,9-10,13,17H,4,7-8,11-12H2,1-2H3,(H,24,25,26). The molecule has 0 aliphatic heterocycles. The van der Waals surface area contributed by atoms with E-state index in [0.717, 1.165) is 46.7 Å². The lowest BCUT2D eigenvalue weighted by molar-refractivity contribution is 0.358. The van der Waals surface area contributed by atoms with Crippen LogP contribution < -0.4 is 5.32 Å². The number of aryl methyl sites for hydroxylation is 2. The van der Waals surface area contributed by atoms with E-state index in [0.29, 0.717) is 17.7 Å². The Hall–Kier alpha value is -3.22. The van der Waals surface area contributed by atoms with E-state index in [1.165, 1.54) is 19.3 Å². The highest BCUT2D eigenvalue weighted by Crippen LogP contribution is 2.34. The molecule has 3 heterocycles. The Morgan fingerprint density at radius 2 is 1.83 bits per heavy atom. The predicted molar refractivity (Wildman–Crippen MR) is 112 cm³/mol. The lowest BCUT2D eigenvalue weighted by Crippen LogP contribution is -2.12. The molecule has 0 saturated heterocycles. The average Bonchev–Trinajstić information content (AvgIpc) is 3.32. The number of nitrogens with zero attached hydrogens (tertiary/aromatic N) is 5. The van der Waals surface area contributed by atoms with Gasteiger partial charge in [-0.15, -0.1) is 0 Å². The molecule has 7 heteroatoms. The van der Waals surface area contributed by atoms with E-state index < -0.39 is 0 Å². The van der Waals surface area contributed by atoms with Crippen molar-refractivity contribution < 1.29 is 4.52 Å². The maximum absolute atomic E-state index is 5.38. The Bertz CT molecular complexity index is 1120. The minimum Gasteiger partial charge on any atom is -0.361 e. The average molecular weight is 388 g/mol. The zero-order valence-corrected chi connectivity index (χ0v) is 16.7. The zero-order chi connectivity index (χ0) is 19.8. The van der Waals surface area contributed by atoms with E-state index in [9.17, 15) is 0 Å². The minimum absolute atomic E-state index is 0.436. The first kappa shape index (κ1) is 17.8. The van der Waals surface area contributed by atoms with Crippen LogP contribution in [0.4, 0.5) is 11.5 Å². The van der Waals surface area contributed by atoms with Gasteiger partial charge in [0.15, 0.2) is 22.8 Å². The van der Waals surface area contributed by atoms with Crippen LogP contribution in [0.25, 0.3) is 22.6 Å². The van der Waals surface area contributed by atoms with Crippen LogP contribution in [-0.2, 0) is 0 Å². The van der Waals surface area contributed by atoms with Gasteiger partial charge in [0.2, 0.25) is 0 Å². The zero-order valence-electron chi connectivity index (χ0n) is 16.7. The van der Waals surface area contributed by atoms with Crippen LogP contribution in [0.2, 0.25) is 0 Å². The SMILES string of the molecule is Cc1noc(C)c1-c1nc(Nc2ccccc2)c2ncn(C3CCCCC3)c2n1. The van der Waals surface area contributed by atoms with Crippen molar-refractivity contribution in [1.29, 1.82) is 0 Å². The van der Waals surface area contributed by atoms with Crippen LogP contribution in [-0.4, -0.2) is 24.7 Å². The molecule has 0 amide bonds. The first-order valence-electron chi connectivity index (χ1n) is 10.2. The van der Waals surface area contributed by atoms with Crippen LogP contribution in [0.5, 0.6) is 0 Å². The Labute approximate surface area is 169 Å². The number of imidazole rings is 1. The molecule has 7 nitrogen and oxygen atoms in total. The second kappa shape index (κ2) is 7.31.